The third kappa shape index (κ3) is 4.08. The number of aryl methyl sites for hydroxylation is 1. The molecule has 0 atom stereocenters. The minimum absolute atomic E-state index is 0.0961. The molecule has 0 radical (unpaired) electrons. The van der Waals surface area contributed by atoms with E-state index < -0.39 is 0 Å². The number of amides is 1. The maximum Gasteiger partial charge on any atom is 0.236 e. The molecule has 0 aliphatic carbocycles. The Labute approximate surface area is 143 Å². The topological polar surface area (TPSA) is 55.1 Å². The van der Waals surface area contributed by atoms with Gasteiger partial charge in [0, 0.05) is 13.0 Å². The van der Waals surface area contributed by atoms with Crippen molar-refractivity contribution >= 4 is 17.2 Å². The molecule has 0 fully saturated rings. The van der Waals surface area contributed by atoms with Gasteiger partial charge in [-0.05, 0) is 36.1 Å². The lowest BCUT2D eigenvalue weighted by Crippen LogP contribution is -2.27. The molecule has 1 aromatic carbocycles. The van der Waals surface area contributed by atoms with E-state index in [1.807, 2.05) is 24.4 Å². The van der Waals surface area contributed by atoms with Gasteiger partial charge in [-0.25, -0.2) is 9.37 Å². The minimum atomic E-state index is -0.304. The van der Waals surface area contributed by atoms with Crippen molar-refractivity contribution in [3.63, 3.8) is 0 Å². The molecule has 3 rings (SSSR count). The van der Waals surface area contributed by atoms with Gasteiger partial charge in [0.05, 0.1) is 17.0 Å². The SMILES string of the molecule is Cc1oc(-c2cccs2)nc1CCNC(=O)Cc1ccc(F)cc1. The van der Waals surface area contributed by atoms with E-state index in [4.69, 9.17) is 4.42 Å². The second-order valence-corrected chi connectivity index (χ2v) is 6.35. The molecule has 4 nitrogen and oxygen atoms in total. The van der Waals surface area contributed by atoms with E-state index in [2.05, 4.69) is 10.3 Å². The summed E-state index contributed by atoms with van der Waals surface area (Å²) in [4.78, 5) is 17.4. The van der Waals surface area contributed by atoms with Crippen molar-refractivity contribution < 1.29 is 13.6 Å². The second kappa shape index (κ2) is 7.40. The summed E-state index contributed by atoms with van der Waals surface area (Å²) >= 11 is 1.58. The van der Waals surface area contributed by atoms with Crippen LogP contribution in [0.1, 0.15) is 17.0 Å². The number of halogens is 1. The summed E-state index contributed by atoms with van der Waals surface area (Å²) in [6.07, 6.45) is 0.842. The van der Waals surface area contributed by atoms with E-state index in [1.165, 1.54) is 12.1 Å². The first kappa shape index (κ1) is 16.4. The van der Waals surface area contributed by atoms with E-state index in [9.17, 15) is 9.18 Å². The summed E-state index contributed by atoms with van der Waals surface area (Å²) in [6.45, 7) is 2.36. The second-order valence-electron chi connectivity index (χ2n) is 5.40. The smallest absolute Gasteiger partial charge is 0.236 e. The third-order valence-corrected chi connectivity index (χ3v) is 4.44. The number of rotatable bonds is 6. The predicted octanol–water partition coefficient (Wildman–Crippen LogP) is 3.75. The van der Waals surface area contributed by atoms with Gasteiger partial charge in [0.1, 0.15) is 11.6 Å². The first-order valence-corrected chi connectivity index (χ1v) is 8.51. The van der Waals surface area contributed by atoms with Crippen LogP contribution in [-0.2, 0) is 17.6 Å². The molecule has 0 bridgehead atoms. The number of hydrogen-bond acceptors (Lipinski definition) is 4. The van der Waals surface area contributed by atoms with Gasteiger partial charge in [-0.3, -0.25) is 4.79 Å². The number of oxazole rings is 1. The largest absolute Gasteiger partial charge is 0.440 e. The van der Waals surface area contributed by atoms with Gasteiger partial charge < -0.3 is 9.73 Å². The highest BCUT2D eigenvalue weighted by Crippen LogP contribution is 2.25. The van der Waals surface area contributed by atoms with E-state index in [1.54, 1.807) is 23.5 Å². The highest BCUT2D eigenvalue weighted by atomic mass is 32.1. The Kier molecular flexibility index (Phi) is 5.05. The van der Waals surface area contributed by atoms with Crippen LogP contribution >= 0.6 is 11.3 Å². The fourth-order valence-electron chi connectivity index (χ4n) is 2.34. The quantitative estimate of drug-likeness (QED) is 0.741. The Balaban J connectivity index is 1.51. The zero-order chi connectivity index (χ0) is 16.9. The van der Waals surface area contributed by atoms with Gasteiger partial charge in [0.15, 0.2) is 0 Å². The van der Waals surface area contributed by atoms with Crippen LogP contribution in [0.3, 0.4) is 0 Å². The van der Waals surface area contributed by atoms with Crippen LogP contribution < -0.4 is 5.32 Å². The number of carbonyl (C=O) groups excluding carboxylic acids is 1. The normalized spacial score (nSPS) is 10.8. The lowest BCUT2D eigenvalue weighted by atomic mass is 10.1. The standard InChI is InChI=1S/C18H17FN2O2S/c1-12-15(21-18(23-12)16-3-2-10-24-16)8-9-20-17(22)11-13-4-6-14(19)7-5-13/h2-7,10H,8-9,11H2,1H3,(H,20,22). The molecule has 1 N–H and O–H groups in total. The van der Waals surface area contributed by atoms with Crippen LogP contribution in [0.2, 0.25) is 0 Å². The number of nitrogens with one attached hydrogen (secondary N) is 1. The molecule has 2 heterocycles. The van der Waals surface area contributed by atoms with Crippen LogP contribution in [0.25, 0.3) is 10.8 Å². The molecule has 124 valence electrons. The van der Waals surface area contributed by atoms with Crippen LogP contribution in [0, 0.1) is 12.7 Å². The van der Waals surface area contributed by atoms with Crippen LogP contribution in [-0.4, -0.2) is 17.4 Å². The van der Waals surface area contributed by atoms with Gasteiger partial charge >= 0.3 is 0 Å². The molecule has 3 aromatic rings. The molecule has 6 heteroatoms. The van der Waals surface area contributed by atoms with E-state index in [0.29, 0.717) is 18.9 Å². The van der Waals surface area contributed by atoms with E-state index >= 15 is 0 Å². The van der Waals surface area contributed by atoms with Crippen molar-refractivity contribution in [2.45, 2.75) is 19.8 Å². The van der Waals surface area contributed by atoms with Crippen molar-refractivity contribution in [1.82, 2.24) is 10.3 Å². The molecular weight excluding hydrogens is 327 g/mol. The zero-order valence-corrected chi connectivity index (χ0v) is 14.0. The van der Waals surface area contributed by atoms with Gasteiger partial charge in [0.25, 0.3) is 0 Å². The Hall–Kier alpha value is -2.47. The summed E-state index contributed by atoms with van der Waals surface area (Å²) in [5.41, 5.74) is 1.63. The number of hydrogen-bond donors (Lipinski definition) is 1. The first-order valence-electron chi connectivity index (χ1n) is 7.63. The van der Waals surface area contributed by atoms with Crippen LogP contribution in [0.5, 0.6) is 0 Å². The third-order valence-electron chi connectivity index (χ3n) is 3.59. The fraction of sp³-hybridized carbons (Fsp3) is 0.222. The maximum atomic E-state index is 12.8. The average molecular weight is 344 g/mol. The van der Waals surface area contributed by atoms with Crippen molar-refractivity contribution in [2.75, 3.05) is 6.54 Å². The monoisotopic (exact) mass is 344 g/mol. The molecule has 0 saturated heterocycles. The van der Waals surface area contributed by atoms with Gasteiger partial charge in [-0.1, -0.05) is 18.2 Å². The Morgan fingerprint density at radius 2 is 2.08 bits per heavy atom. The summed E-state index contributed by atoms with van der Waals surface area (Å²) < 4.78 is 18.5. The summed E-state index contributed by atoms with van der Waals surface area (Å²) in [5, 5.41) is 4.83. The Bertz CT molecular complexity index is 810. The molecule has 0 aliphatic rings. The minimum Gasteiger partial charge on any atom is -0.440 e. The molecule has 0 unspecified atom stereocenters. The Morgan fingerprint density at radius 1 is 1.29 bits per heavy atom. The molecule has 2 aromatic heterocycles. The van der Waals surface area contributed by atoms with Crippen molar-refractivity contribution in [3.05, 3.63) is 64.6 Å². The number of carbonyl (C=O) groups is 1. The van der Waals surface area contributed by atoms with Crippen molar-refractivity contribution in [1.29, 1.82) is 0 Å². The first-order chi connectivity index (χ1) is 11.6. The highest BCUT2D eigenvalue weighted by molar-refractivity contribution is 7.13. The lowest BCUT2D eigenvalue weighted by Gasteiger charge is -2.04. The molecule has 24 heavy (non-hydrogen) atoms. The fourth-order valence-corrected chi connectivity index (χ4v) is 2.99. The number of thiophene rings is 1. The number of benzene rings is 1. The average Bonchev–Trinajstić information content (AvgIpc) is 3.20. The van der Waals surface area contributed by atoms with Gasteiger partial charge in [-0.15, -0.1) is 11.3 Å². The number of nitrogens with zero attached hydrogens (tertiary/aromatic N) is 1. The lowest BCUT2D eigenvalue weighted by molar-refractivity contribution is -0.120. The summed E-state index contributed by atoms with van der Waals surface area (Å²) in [6, 6.07) is 9.86. The van der Waals surface area contributed by atoms with Crippen molar-refractivity contribution in [2.24, 2.45) is 0 Å². The molecule has 0 saturated carbocycles. The zero-order valence-electron chi connectivity index (χ0n) is 13.2. The van der Waals surface area contributed by atoms with E-state index in [-0.39, 0.29) is 18.1 Å². The predicted molar refractivity (Wildman–Crippen MR) is 91.4 cm³/mol. The summed E-state index contributed by atoms with van der Waals surface area (Å²) in [5.74, 6) is 0.991. The van der Waals surface area contributed by atoms with Gasteiger partial charge in [0.2, 0.25) is 11.8 Å². The highest BCUT2D eigenvalue weighted by Gasteiger charge is 2.12. The maximum absolute atomic E-state index is 12.8. The molecule has 0 spiro atoms. The Morgan fingerprint density at radius 3 is 2.79 bits per heavy atom. The van der Waals surface area contributed by atoms with Gasteiger partial charge in [-0.2, -0.15) is 0 Å². The van der Waals surface area contributed by atoms with Crippen LogP contribution in [0.15, 0.2) is 46.2 Å². The van der Waals surface area contributed by atoms with Crippen LogP contribution in [0.4, 0.5) is 4.39 Å². The molecular formula is C18H17FN2O2S. The molecule has 0 aliphatic heterocycles. The van der Waals surface area contributed by atoms with E-state index in [0.717, 1.165) is 21.9 Å². The molecule has 1 amide bonds. The van der Waals surface area contributed by atoms with Crippen molar-refractivity contribution in [3.8, 4) is 10.8 Å². The number of aromatic nitrogens is 1. The summed E-state index contributed by atoms with van der Waals surface area (Å²) in [7, 11) is 0.